The molecule has 0 aliphatic heterocycles. The summed E-state index contributed by atoms with van der Waals surface area (Å²) in [6.07, 6.45) is 1.98. The number of aryl methyl sites for hydroxylation is 1. The van der Waals surface area contributed by atoms with Crippen LogP contribution in [0.1, 0.15) is 18.1 Å². The van der Waals surface area contributed by atoms with Crippen LogP contribution in [0.15, 0.2) is 58.3 Å². The van der Waals surface area contributed by atoms with E-state index in [4.69, 9.17) is 0 Å². The third-order valence-corrected chi connectivity index (χ3v) is 6.69. The molecule has 0 N–H and O–H groups in total. The average molecular weight is 367 g/mol. The summed E-state index contributed by atoms with van der Waals surface area (Å²) in [5.74, 6) is 0. The molecule has 130 valence electrons. The zero-order valence-electron chi connectivity index (χ0n) is 13.9. The first kappa shape index (κ1) is 18.6. The monoisotopic (exact) mass is 367 g/mol. The maximum Gasteiger partial charge on any atom is 0.243 e. The largest absolute Gasteiger partial charge is 0.243 e. The molecular weight excluding hydrogens is 346 g/mol. The van der Waals surface area contributed by atoms with Crippen LogP contribution in [0.3, 0.4) is 0 Å². The van der Waals surface area contributed by atoms with Gasteiger partial charge in [0.05, 0.1) is 9.79 Å². The number of hydrogen-bond donors (Lipinski definition) is 0. The highest BCUT2D eigenvalue weighted by atomic mass is 32.2. The van der Waals surface area contributed by atoms with E-state index in [0.717, 1.165) is 18.2 Å². The molecule has 2 rings (SSSR count). The maximum absolute atomic E-state index is 12.7. The Labute approximate surface area is 143 Å². The van der Waals surface area contributed by atoms with Gasteiger partial charge in [0.2, 0.25) is 10.0 Å². The van der Waals surface area contributed by atoms with Crippen molar-refractivity contribution in [1.82, 2.24) is 4.31 Å². The van der Waals surface area contributed by atoms with Gasteiger partial charge in [-0.2, -0.15) is 4.31 Å². The quantitative estimate of drug-likeness (QED) is 0.786. The Kier molecular flexibility index (Phi) is 5.47. The summed E-state index contributed by atoms with van der Waals surface area (Å²) in [7, 11) is -5.75. The maximum atomic E-state index is 12.7. The average Bonchev–Trinajstić information content (AvgIpc) is 2.55. The van der Waals surface area contributed by atoms with E-state index >= 15 is 0 Å². The lowest BCUT2D eigenvalue weighted by atomic mass is 10.1. The Bertz CT molecular complexity index is 917. The minimum atomic E-state index is -3.77. The number of sulfone groups is 1. The van der Waals surface area contributed by atoms with E-state index in [9.17, 15) is 16.8 Å². The molecule has 7 heteroatoms. The van der Waals surface area contributed by atoms with Crippen molar-refractivity contribution < 1.29 is 16.8 Å². The fraction of sp³-hybridized carbons (Fsp3) is 0.294. The van der Waals surface area contributed by atoms with Crippen molar-refractivity contribution in [2.45, 2.75) is 29.7 Å². The summed E-state index contributed by atoms with van der Waals surface area (Å²) in [6.45, 7) is 2.27. The highest BCUT2D eigenvalue weighted by molar-refractivity contribution is 7.91. The third kappa shape index (κ3) is 4.23. The van der Waals surface area contributed by atoms with Gasteiger partial charge in [0, 0.05) is 19.8 Å². The second-order valence-electron chi connectivity index (χ2n) is 5.68. The van der Waals surface area contributed by atoms with E-state index in [2.05, 4.69) is 6.92 Å². The third-order valence-electron chi connectivity index (χ3n) is 3.78. The minimum Gasteiger partial charge on any atom is -0.224 e. The second-order valence-corrected chi connectivity index (χ2v) is 9.74. The number of hydrogen-bond acceptors (Lipinski definition) is 4. The van der Waals surface area contributed by atoms with Crippen molar-refractivity contribution in [2.24, 2.45) is 0 Å². The highest BCUT2D eigenvalue weighted by Gasteiger charge is 2.22. The molecule has 24 heavy (non-hydrogen) atoms. The first-order valence-corrected chi connectivity index (χ1v) is 10.8. The van der Waals surface area contributed by atoms with Crippen LogP contribution >= 0.6 is 0 Å². The predicted molar refractivity (Wildman–Crippen MR) is 94.0 cm³/mol. The number of sulfonamides is 1. The lowest BCUT2D eigenvalue weighted by Crippen LogP contribution is -2.26. The van der Waals surface area contributed by atoms with Crippen LogP contribution in [0.5, 0.6) is 0 Å². The second kappa shape index (κ2) is 7.04. The highest BCUT2D eigenvalue weighted by Crippen LogP contribution is 2.20. The number of benzene rings is 2. The van der Waals surface area contributed by atoms with Gasteiger partial charge in [-0.3, -0.25) is 0 Å². The molecule has 0 unspecified atom stereocenters. The van der Waals surface area contributed by atoms with Crippen LogP contribution in [-0.2, 0) is 32.8 Å². The Hall–Kier alpha value is -1.70. The summed E-state index contributed by atoms with van der Waals surface area (Å²) in [4.78, 5) is -0.0395. The summed E-state index contributed by atoms with van der Waals surface area (Å²) >= 11 is 0. The van der Waals surface area contributed by atoms with Crippen LogP contribution in [-0.4, -0.2) is 34.4 Å². The van der Waals surface area contributed by atoms with Gasteiger partial charge < -0.3 is 0 Å². The van der Waals surface area contributed by atoms with Gasteiger partial charge in [-0.25, -0.2) is 16.8 Å². The van der Waals surface area contributed by atoms with Crippen molar-refractivity contribution in [1.29, 1.82) is 0 Å². The van der Waals surface area contributed by atoms with Gasteiger partial charge in [-0.15, -0.1) is 0 Å². The van der Waals surface area contributed by atoms with Crippen molar-refractivity contribution >= 4 is 19.9 Å². The van der Waals surface area contributed by atoms with E-state index < -0.39 is 19.9 Å². The first-order chi connectivity index (χ1) is 11.1. The van der Waals surface area contributed by atoms with Crippen LogP contribution in [0, 0.1) is 0 Å². The normalized spacial score (nSPS) is 12.5. The van der Waals surface area contributed by atoms with E-state index in [0.29, 0.717) is 0 Å². The van der Waals surface area contributed by atoms with Crippen molar-refractivity contribution in [3.05, 3.63) is 59.7 Å². The molecule has 0 saturated carbocycles. The topological polar surface area (TPSA) is 71.5 Å². The minimum absolute atomic E-state index is 0.00993. The summed E-state index contributed by atoms with van der Waals surface area (Å²) in [5.41, 5.74) is 2.06. The molecule has 0 spiro atoms. The molecule has 0 bridgehead atoms. The molecule has 0 heterocycles. The van der Waals surface area contributed by atoms with Gasteiger partial charge >= 0.3 is 0 Å². The van der Waals surface area contributed by atoms with E-state index in [1.807, 2.05) is 24.3 Å². The Balaban J connectivity index is 2.28. The Morgan fingerprint density at radius 1 is 0.875 bits per heavy atom. The van der Waals surface area contributed by atoms with Crippen LogP contribution < -0.4 is 0 Å². The SMILES string of the molecule is CCc1ccc(CN(C)S(=O)(=O)c2cccc(S(C)(=O)=O)c2)cc1. The number of rotatable bonds is 6. The summed E-state index contributed by atoms with van der Waals surface area (Å²) in [6, 6.07) is 13.2. The molecule has 0 aliphatic carbocycles. The molecule has 2 aromatic carbocycles. The van der Waals surface area contributed by atoms with E-state index in [1.54, 1.807) is 0 Å². The molecule has 0 atom stereocenters. The lowest BCUT2D eigenvalue weighted by Gasteiger charge is -2.18. The van der Waals surface area contributed by atoms with E-state index in [-0.39, 0.29) is 16.3 Å². The summed E-state index contributed by atoms with van der Waals surface area (Å²) < 4.78 is 49.8. The van der Waals surface area contributed by atoms with Crippen LogP contribution in [0.2, 0.25) is 0 Å². The molecule has 0 amide bonds. The summed E-state index contributed by atoms with van der Waals surface area (Å²) in [5, 5.41) is 0. The van der Waals surface area contributed by atoms with Gasteiger partial charge in [0.15, 0.2) is 9.84 Å². The standard InChI is InChI=1S/C17H21NO4S2/c1-4-14-8-10-15(11-9-14)13-18(2)24(21,22)17-7-5-6-16(12-17)23(3,19)20/h5-12H,4,13H2,1-3H3. The first-order valence-electron chi connectivity index (χ1n) is 7.49. The fourth-order valence-corrected chi connectivity index (χ4v) is 4.21. The van der Waals surface area contributed by atoms with E-state index in [1.165, 1.54) is 41.2 Å². The van der Waals surface area contributed by atoms with Crippen molar-refractivity contribution in [3.8, 4) is 0 Å². The van der Waals surface area contributed by atoms with Gasteiger partial charge in [-0.1, -0.05) is 37.3 Å². The predicted octanol–water partition coefficient (Wildman–Crippen LogP) is 2.47. The van der Waals surface area contributed by atoms with Crippen LogP contribution in [0.25, 0.3) is 0 Å². The number of nitrogens with zero attached hydrogens (tertiary/aromatic N) is 1. The zero-order valence-corrected chi connectivity index (χ0v) is 15.6. The Morgan fingerprint density at radius 2 is 1.42 bits per heavy atom. The van der Waals surface area contributed by atoms with Crippen molar-refractivity contribution in [2.75, 3.05) is 13.3 Å². The fourth-order valence-electron chi connectivity index (χ4n) is 2.27. The molecule has 0 saturated heterocycles. The Morgan fingerprint density at radius 3 is 1.96 bits per heavy atom. The molecule has 2 aromatic rings. The molecule has 5 nitrogen and oxygen atoms in total. The van der Waals surface area contributed by atoms with Crippen LogP contribution in [0.4, 0.5) is 0 Å². The molecule has 0 radical (unpaired) electrons. The zero-order chi connectivity index (χ0) is 18.0. The molecule has 0 aromatic heterocycles. The van der Waals surface area contributed by atoms with Gasteiger partial charge in [0.25, 0.3) is 0 Å². The van der Waals surface area contributed by atoms with Crippen molar-refractivity contribution in [3.63, 3.8) is 0 Å². The lowest BCUT2D eigenvalue weighted by molar-refractivity contribution is 0.466. The van der Waals surface area contributed by atoms with Gasteiger partial charge in [0.1, 0.15) is 0 Å². The van der Waals surface area contributed by atoms with Gasteiger partial charge in [-0.05, 0) is 35.7 Å². The molecule has 0 aliphatic rings. The molecular formula is C17H21NO4S2. The smallest absolute Gasteiger partial charge is 0.224 e. The molecule has 0 fully saturated rings.